The Morgan fingerprint density at radius 2 is 2.15 bits per heavy atom. The van der Waals surface area contributed by atoms with Gasteiger partial charge in [-0.05, 0) is 52.5 Å². The molecule has 3 atom stereocenters. The van der Waals surface area contributed by atoms with Gasteiger partial charge in [-0.15, -0.1) is 0 Å². The standard InChI is InChI=1S/C15H29N3O2/c1-11-9-18(10-14(2,3)20-11)8-6-12-5-4-7-15(12,17)13(16)19/h11-12H,4-10,17H2,1-3H3,(H2,16,19). The molecule has 5 nitrogen and oxygen atoms in total. The molecule has 0 aromatic carbocycles. The van der Waals surface area contributed by atoms with E-state index in [0.29, 0.717) is 0 Å². The van der Waals surface area contributed by atoms with E-state index in [-0.39, 0.29) is 23.5 Å². The predicted molar refractivity (Wildman–Crippen MR) is 79.1 cm³/mol. The lowest BCUT2D eigenvalue weighted by Crippen LogP contribution is -2.56. The molecule has 1 amide bonds. The monoisotopic (exact) mass is 283 g/mol. The van der Waals surface area contributed by atoms with Crippen LogP contribution in [0, 0.1) is 5.92 Å². The molecule has 0 aromatic rings. The van der Waals surface area contributed by atoms with E-state index in [2.05, 4.69) is 25.7 Å². The summed E-state index contributed by atoms with van der Waals surface area (Å²) in [6.45, 7) is 9.21. The Morgan fingerprint density at radius 3 is 2.75 bits per heavy atom. The molecule has 0 aromatic heterocycles. The molecule has 4 N–H and O–H groups in total. The van der Waals surface area contributed by atoms with Crippen LogP contribution < -0.4 is 11.5 Å². The van der Waals surface area contributed by atoms with Gasteiger partial charge in [0.1, 0.15) is 0 Å². The molecular formula is C15H29N3O2. The van der Waals surface area contributed by atoms with Gasteiger partial charge in [-0.1, -0.05) is 6.42 Å². The number of hydrogen-bond acceptors (Lipinski definition) is 4. The van der Waals surface area contributed by atoms with Gasteiger partial charge in [0.05, 0.1) is 17.2 Å². The second-order valence-corrected chi connectivity index (χ2v) is 7.21. The average Bonchev–Trinajstić information content (AvgIpc) is 2.67. The Bertz CT molecular complexity index is 372. The number of primary amides is 1. The third-order valence-electron chi connectivity index (χ3n) is 4.76. The van der Waals surface area contributed by atoms with Crippen molar-refractivity contribution in [2.75, 3.05) is 19.6 Å². The first-order chi connectivity index (χ1) is 9.23. The van der Waals surface area contributed by atoms with Crippen molar-refractivity contribution in [3.05, 3.63) is 0 Å². The van der Waals surface area contributed by atoms with E-state index in [9.17, 15) is 4.79 Å². The zero-order valence-corrected chi connectivity index (χ0v) is 13.0. The van der Waals surface area contributed by atoms with Crippen molar-refractivity contribution >= 4 is 5.91 Å². The zero-order chi connectivity index (χ0) is 15.0. The highest BCUT2D eigenvalue weighted by Crippen LogP contribution is 2.36. The second kappa shape index (κ2) is 5.62. The lowest BCUT2D eigenvalue weighted by atomic mass is 9.84. The number of morpholine rings is 1. The Hall–Kier alpha value is -0.650. The van der Waals surface area contributed by atoms with Crippen molar-refractivity contribution in [2.24, 2.45) is 17.4 Å². The molecule has 1 saturated heterocycles. The van der Waals surface area contributed by atoms with Crippen LogP contribution in [0.5, 0.6) is 0 Å². The van der Waals surface area contributed by atoms with Crippen LogP contribution in [-0.2, 0) is 9.53 Å². The number of carbonyl (C=O) groups excluding carboxylic acids is 1. The van der Waals surface area contributed by atoms with E-state index in [1.54, 1.807) is 0 Å². The summed E-state index contributed by atoms with van der Waals surface area (Å²) in [5, 5.41) is 0. The van der Waals surface area contributed by atoms with Crippen LogP contribution in [-0.4, -0.2) is 47.7 Å². The fraction of sp³-hybridized carbons (Fsp3) is 0.933. The molecule has 2 aliphatic rings. The first-order valence-corrected chi connectivity index (χ1v) is 7.72. The summed E-state index contributed by atoms with van der Waals surface area (Å²) in [6.07, 6.45) is 3.96. The van der Waals surface area contributed by atoms with Gasteiger partial charge in [0.15, 0.2) is 0 Å². The molecule has 0 bridgehead atoms. The highest BCUT2D eigenvalue weighted by Gasteiger charge is 2.44. The highest BCUT2D eigenvalue weighted by atomic mass is 16.5. The third-order valence-corrected chi connectivity index (χ3v) is 4.76. The molecule has 0 spiro atoms. The summed E-state index contributed by atoms with van der Waals surface area (Å²) in [5.74, 6) is -0.114. The Kier molecular flexibility index (Phi) is 4.42. The van der Waals surface area contributed by atoms with Gasteiger partial charge in [-0.2, -0.15) is 0 Å². The van der Waals surface area contributed by atoms with Crippen molar-refractivity contribution < 1.29 is 9.53 Å². The van der Waals surface area contributed by atoms with Crippen LogP contribution in [0.4, 0.5) is 0 Å². The maximum atomic E-state index is 11.6. The van der Waals surface area contributed by atoms with Gasteiger partial charge < -0.3 is 16.2 Å². The summed E-state index contributed by atoms with van der Waals surface area (Å²) in [6, 6.07) is 0. The normalized spacial score (nSPS) is 38.0. The molecule has 1 aliphatic carbocycles. The summed E-state index contributed by atoms with van der Waals surface area (Å²) in [4.78, 5) is 14.0. The minimum Gasteiger partial charge on any atom is -0.370 e. The maximum absolute atomic E-state index is 11.6. The van der Waals surface area contributed by atoms with E-state index < -0.39 is 5.54 Å². The molecule has 116 valence electrons. The number of rotatable bonds is 4. The van der Waals surface area contributed by atoms with Crippen LogP contribution in [0.15, 0.2) is 0 Å². The SMILES string of the molecule is CC1CN(CCC2CCCC2(N)C(N)=O)CC(C)(C)O1. The Morgan fingerprint density at radius 1 is 1.45 bits per heavy atom. The molecule has 2 rings (SSSR count). The molecule has 5 heteroatoms. The highest BCUT2D eigenvalue weighted by molar-refractivity contribution is 5.85. The predicted octanol–water partition coefficient (Wildman–Crippen LogP) is 0.859. The van der Waals surface area contributed by atoms with Crippen LogP contribution in [0.25, 0.3) is 0 Å². The number of ether oxygens (including phenoxy) is 1. The molecule has 1 saturated carbocycles. The molecule has 1 aliphatic heterocycles. The summed E-state index contributed by atoms with van der Waals surface area (Å²) >= 11 is 0. The summed E-state index contributed by atoms with van der Waals surface area (Å²) in [5.41, 5.74) is 10.8. The van der Waals surface area contributed by atoms with Crippen molar-refractivity contribution in [2.45, 2.75) is 63.7 Å². The largest absolute Gasteiger partial charge is 0.370 e. The van der Waals surface area contributed by atoms with Crippen LogP contribution >= 0.6 is 0 Å². The lowest BCUT2D eigenvalue weighted by Gasteiger charge is -2.42. The molecule has 3 unspecified atom stereocenters. The van der Waals surface area contributed by atoms with E-state index in [1.165, 1.54) is 0 Å². The first-order valence-electron chi connectivity index (χ1n) is 7.72. The van der Waals surface area contributed by atoms with Crippen molar-refractivity contribution in [1.29, 1.82) is 0 Å². The van der Waals surface area contributed by atoms with Gasteiger partial charge in [0, 0.05) is 13.1 Å². The Labute approximate surface area is 122 Å². The average molecular weight is 283 g/mol. The van der Waals surface area contributed by atoms with E-state index in [0.717, 1.165) is 45.3 Å². The van der Waals surface area contributed by atoms with Gasteiger partial charge in [-0.25, -0.2) is 0 Å². The molecule has 0 radical (unpaired) electrons. The van der Waals surface area contributed by atoms with E-state index >= 15 is 0 Å². The fourth-order valence-corrected chi connectivity index (χ4v) is 3.92. The fourth-order valence-electron chi connectivity index (χ4n) is 3.92. The third kappa shape index (κ3) is 3.32. The number of amides is 1. The van der Waals surface area contributed by atoms with Crippen molar-refractivity contribution in [3.8, 4) is 0 Å². The number of nitrogens with zero attached hydrogens (tertiary/aromatic N) is 1. The quantitative estimate of drug-likeness (QED) is 0.802. The maximum Gasteiger partial charge on any atom is 0.237 e. The van der Waals surface area contributed by atoms with Gasteiger partial charge >= 0.3 is 0 Å². The van der Waals surface area contributed by atoms with Gasteiger partial charge in [-0.3, -0.25) is 9.69 Å². The second-order valence-electron chi connectivity index (χ2n) is 7.21. The Balaban J connectivity index is 1.90. The van der Waals surface area contributed by atoms with Crippen LogP contribution in [0.1, 0.15) is 46.5 Å². The molecule has 2 fully saturated rings. The molecule has 20 heavy (non-hydrogen) atoms. The molecular weight excluding hydrogens is 254 g/mol. The van der Waals surface area contributed by atoms with Crippen molar-refractivity contribution in [1.82, 2.24) is 4.90 Å². The number of nitrogens with two attached hydrogens (primary N) is 2. The summed E-state index contributed by atoms with van der Waals surface area (Å²) in [7, 11) is 0. The van der Waals surface area contributed by atoms with Crippen LogP contribution in [0.2, 0.25) is 0 Å². The van der Waals surface area contributed by atoms with Gasteiger partial charge in [0.2, 0.25) is 5.91 Å². The van der Waals surface area contributed by atoms with Gasteiger partial charge in [0.25, 0.3) is 0 Å². The zero-order valence-electron chi connectivity index (χ0n) is 13.0. The van der Waals surface area contributed by atoms with Crippen LogP contribution in [0.3, 0.4) is 0 Å². The smallest absolute Gasteiger partial charge is 0.237 e. The first kappa shape index (κ1) is 15.7. The topological polar surface area (TPSA) is 81.6 Å². The molecule has 1 heterocycles. The number of carbonyl (C=O) groups is 1. The lowest BCUT2D eigenvalue weighted by molar-refractivity contribution is -0.131. The minimum absolute atomic E-state index is 0.100. The summed E-state index contributed by atoms with van der Waals surface area (Å²) < 4.78 is 5.91. The van der Waals surface area contributed by atoms with Crippen molar-refractivity contribution in [3.63, 3.8) is 0 Å². The number of hydrogen-bond donors (Lipinski definition) is 2. The van der Waals surface area contributed by atoms with E-state index in [1.807, 2.05) is 0 Å². The van der Waals surface area contributed by atoms with E-state index in [4.69, 9.17) is 16.2 Å². The minimum atomic E-state index is -0.784.